The van der Waals surface area contributed by atoms with Crippen LogP contribution in [0.3, 0.4) is 0 Å². The Morgan fingerprint density at radius 3 is 2.43 bits per heavy atom. The molecule has 0 amide bonds. The lowest BCUT2D eigenvalue weighted by atomic mass is 9.83. The van der Waals surface area contributed by atoms with Crippen LogP contribution in [0, 0.1) is 11.3 Å². The number of sulfone groups is 1. The van der Waals surface area contributed by atoms with Gasteiger partial charge in [-0.25, -0.2) is 18.4 Å². The highest BCUT2D eigenvalue weighted by atomic mass is 32.2. The second-order valence-electron chi connectivity index (χ2n) is 6.64. The summed E-state index contributed by atoms with van der Waals surface area (Å²) in [5.41, 5.74) is -0.0331. The molecule has 0 aromatic carbocycles. The summed E-state index contributed by atoms with van der Waals surface area (Å²) in [6.45, 7) is 6.46. The number of hydrogen-bond acceptors (Lipinski definition) is 6. The molecule has 0 aliphatic carbocycles. The molecular weight excluding hydrogens is 290 g/mol. The van der Waals surface area contributed by atoms with Crippen molar-refractivity contribution in [2.45, 2.75) is 20.3 Å². The molecule has 1 aromatic heterocycles. The Bertz CT molecular complexity index is 593. The highest BCUT2D eigenvalue weighted by Gasteiger charge is 2.56. The maximum absolute atomic E-state index is 11.3. The van der Waals surface area contributed by atoms with Crippen LogP contribution in [0.2, 0.25) is 0 Å². The van der Waals surface area contributed by atoms with Crippen molar-refractivity contribution in [2.75, 3.05) is 36.1 Å². The molecule has 2 aliphatic heterocycles. The van der Waals surface area contributed by atoms with Crippen molar-refractivity contribution in [3.05, 3.63) is 12.4 Å². The molecule has 3 rings (SSSR count). The van der Waals surface area contributed by atoms with Crippen LogP contribution >= 0.6 is 0 Å². The van der Waals surface area contributed by atoms with E-state index in [2.05, 4.69) is 23.8 Å². The van der Waals surface area contributed by atoms with Gasteiger partial charge in [0.2, 0.25) is 5.95 Å². The lowest BCUT2D eigenvalue weighted by Crippen LogP contribution is -2.68. The van der Waals surface area contributed by atoms with Gasteiger partial charge in [-0.05, 0) is 12.3 Å². The van der Waals surface area contributed by atoms with Crippen molar-refractivity contribution < 1.29 is 13.2 Å². The Kier molecular flexibility index (Phi) is 3.55. The van der Waals surface area contributed by atoms with E-state index in [0.29, 0.717) is 35.7 Å². The smallest absolute Gasteiger partial charge is 0.225 e. The lowest BCUT2D eigenvalue weighted by Gasteiger charge is -2.54. The topological polar surface area (TPSA) is 72.4 Å². The first kappa shape index (κ1) is 14.6. The maximum Gasteiger partial charge on any atom is 0.225 e. The van der Waals surface area contributed by atoms with Crippen LogP contribution < -0.4 is 9.64 Å². The lowest BCUT2D eigenvalue weighted by molar-refractivity contribution is 0.250. The van der Waals surface area contributed by atoms with Crippen molar-refractivity contribution in [3.63, 3.8) is 0 Å². The summed E-state index contributed by atoms with van der Waals surface area (Å²) >= 11 is 0. The summed E-state index contributed by atoms with van der Waals surface area (Å²) < 4.78 is 28.1. The van der Waals surface area contributed by atoms with Crippen molar-refractivity contribution in [3.8, 4) is 5.75 Å². The van der Waals surface area contributed by atoms with Crippen LogP contribution in [-0.2, 0) is 9.84 Å². The SMILES string of the molecule is CC(C)CCOc1cnc(N2CC3(C2)CS(=O)(=O)C3)nc1. The van der Waals surface area contributed by atoms with Crippen LogP contribution in [0.15, 0.2) is 12.4 Å². The highest BCUT2D eigenvalue weighted by molar-refractivity contribution is 7.92. The fourth-order valence-electron chi connectivity index (χ4n) is 2.94. The molecule has 7 heteroatoms. The molecule has 6 nitrogen and oxygen atoms in total. The highest BCUT2D eigenvalue weighted by Crippen LogP contribution is 2.42. The van der Waals surface area contributed by atoms with Gasteiger partial charge in [0.25, 0.3) is 0 Å². The van der Waals surface area contributed by atoms with E-state index in [1.807, 2.05) is 4.90 Å². The third-order valence-electron chi connectivity index (χ3n) is 3.97. The first-order valence-corrected chi connectivity index (χ1v) is 9.10. The monoisotopic (exact) mass is 311 g/mol. The Hall–Kier alpha value is -1.37. The molecule has 1 spiro atoms. The standard InChI is InChI=1S/C14H21N3O3S/c1-11(2)3-4-20-12-5-15-13(16-6-12)17-7-14(8-17)9-21(18,19)10-14/h5-6,11H,3-4,7-10H2,1-2H3. The number of hydrogen-bond donors (Lipinski definition) is 0. The average molecular weight is 311 g/mol. The fraction of sp³-hybridized carbons (Fsp3) is 0.714. The predicted molar refractivity (Wildman–Crippen MR) is 80.3 cm³/mol. The molecule has 2 aliphatic rings. The number of rotatable bonds is 5. The predicted octanol–water partition coefficient (Wildman–Crippen LogP) is 1.14. The zero-order valence-electron chi connectivity index (χ0n) is 12.4. The van der Waals surface area contributed by atoms with Crippen LogP contribution in [0.1, 0.15) is 20.3 Å². The van der Waals surface area contributed by atoms with E-state index >= 15 is 0 Å². The van der Waals surface area contributed by atoms with Gasteiger partial charge in [-0.3, -0.25) is 0 Å². The number of nitrogens with zero attached hydrogens (tertiary/aromatic N) is 3. The molecule has 0 saturated carbocycles. The summed E-state index contributed by atoms with van der Waals surface area (Å²) in [6.07, 6.45) is 4.38. The van der Waals surface area contributed by atoms with Gasteiger partial charge < -0.3 is 9.64 Å². The van der Waals surface area contributed by atoms with Crippen LogP contribution in [0.25, 0.3) is 0 Å². The molecular formula is C14H21N3O3S. The van der Waals surface area contributed by atoms with E-state index < -0.39 is 9.84 Å². The van der Waals surface area contributed by atoms with Gasteiger partial charge in [0.05, 0.1) is 30.5 Å². The van der Waals surface area contributed by atoms with E-state index in [0.717, 1.165) is 19.5 Å². The summed E-state index contributed by atoms with van der Waals surface area (Å²) in [5.74, 6) is 2.57. The molecule has 2 fully saturated rings. The molecule has 1 aromatic rings. The molecule has 0 bridgehead atoms. The Balaban J connectivity index is 1.50. The molecule has 3 heterocycles. The number of aromatic nitrogens is 2. The molecule has 0 N–H and O–H groups in total. The largest absolute Gasteiger partial charge is 0.490 e. The minimum atomic E-state index is -2.77. The van der Waals surface area contributed by atoms with Gasteiger partial charge >= 0.3 is 0 Å². The zero-order chi connectivity index (χ0) is 15.1. The number of anilines is 1. The van der Waals surface area contributed by atoms with Gasteiger partial charge in [0.15, 0.2) is 15.6 Å². The minimum absolute atomic E-state index is 0.0331. The second-order valence-corrected chi connectivity index (χ2v) is 8.70. The second kappa shape index (κ2) is 5.12. The number of ether oxygens (including phenoxy) is 1. The maximum atomic E-state index is 11.3. The van der Waals surface area contributed by atoms with Gasteiger partial charge in [-0.2, -0.15) is 0 Å². The van der Waals surface area contributed by atoms with Crippen molar-refractivity contribution in [2.24, 2.45) is 11.3 Å². The van der Waals surface area contributed by atoms with Gasteiger partial charge in [0, 0.05) is 18.5 Å². The normalized spacial score (nSPS) is 22.0. The molecule has 0 unspecified atom stereocenters. The van der Waals surface area contributed by atoms with Crippen LogP contribution in [0.5, 0.6) is 5.75 Å². The van der Waals surface area contributed by atoms with Crippen molar-refractivity contribution >= 4 is 15.8 Å². The van der Waals surface area contributed by atoms with E-state index in [1.165, 1.54) is 0 Å². The quantitative estimate of drug-likeness (QED) is 0.812. The van der Waals surface area contributed by atoms with E-state index in [-0.39, 0.29) is 5.41 Å². The molecule has 116 valence electrons. The minimum Gasteiger partial charge on any atom is -0.490 e. The summed E-state index contributed by atoms with van der Waals surface area (Å²) in [4.78, 5) is 10.6. The van der Waals surface area contributed by atoms with E-state index in [1.54, 1.807) is 12.4 Å². The summed E-state index contributed by atoms with van der Waals surface area (Å²) in [7, 11) is -2.77. The Morgan fingerprint density at radius 1 is 1.29 bits per heavy atom. The molecule has 2 saturated heterocycles. The zero-order valence-corrected chi connectivity index (χ0v) is 13.3. The van der Waals surface area contributed by atoms with Crippen molar-refractivity contribution in [1.29, 1.82) is 0 Å². The van der Waals surface area contributed by atoms with Crippen LogP contribution in [-0.4, -0.2) is 49.6 Å². The molecule has 21 heavy (non-hydrogen) atoms. The van der Waals surface area contributed by atoms with E-state index in [4.69, 9.17) is 4.74 Å². The Labute approximate surface area is 125 Å². The Morgan fingerprint density at radius 2 is 1.90 bits per heavy atom. The van der Waals surface area contributed by atoms with Gasteiger partial charge in [-0.1, -0.05) is 13.8 Å². The third-order valence-corrected chi connectivity index (χ3v) is 6.07. The van der Waals surface area contributed by atoms with Gasteiger partial charge in [-0.15, -0.1) is 0 Å². The van der Waals surface area contributed by atoms with Crippen molar-refractivity contribution in [1.82, 2.24) is 9.97 Å². The first-order chi connectivity index (χ1) is 9.88. The molecule has 0 radical (unpaired) electrons. The summed E-state index contributed by atoms with van der Waals surface area (Å²) in [6, 6.07) is 0. The van der Waals surface area contributed by atoms with Gasteiger partial charge in [0.1, 0.15) is 0 Å². The third kappa shape index (κ3) is 3.12. The molecule has 0 atom stereocenters. The van der Waals surface area contributed by atoms with Crippen LogP contribution in [0.4, 0.5) is 5.95 Å². The first-order valence-electron chi connectivity index (χ1n) is 7.28. The average Bonchev–Trinajstić information content (AvgIpc) is 2.33. The fourth-order valence-corrected chi connectivity index (χ4v) is 5.08. The van der Waals surface area contributed by atoms with E-state index in [9.17, 15) is 8.42 Å². The summed E-state index contributed by atoms with van der Waals surface area (Å²) in [5, 5.41) is 0.